The molecule has 0 spiro atoms. The van der Waals surface area contributed by atoms with Crippen LogP contribution >= 0.6 is 0 Å². The molecule has 0 bridgehead atoms. The topological polar surface area (TPSA) is 62.7 Å². The molecule has 134 valence electrons. The Labute approximate surface area is 148 Å². The van der Waals surface area contributed by atoms with Crippen molar-refractivity contribution < 1.29 is 13.2 Å². The highest BCUT2D eigenvalue weighted by atomic mass is 19.2. The summed E-state index contributed by atoms with van der Waals surface area (Å²) < 4.78 is 40.5. The summed E-state index contributed by atoms with van der Waals surface area (Å²) >= 11 is 0. The molecule has 26 heavy (non-hydrogen) atoms. The van der Waals surface area contributed by atoms with E-state index >= 15 is 0 Å². The summed E-state index contributed by atoms with van der Waals surface area (Å²) in [4.78, 5) is 12.6. The largest absolute Gasteiger partial charge is 0.352 e. The van der Waals surface area contributed by atoms with Gasteiger partial charge in [0.25, 0.3) is 0 Å². The lowest BCUT2D eigenvalue weighted by Gasteiger charge is -2.13. The van der Waals surface area contributed by atoms with E-state index in [0.29, 0.717) is 11.6 Å². The summed E-state index contributed by atoms with van der Waals surface area (Å²) in [6.07, 6.45) is 3.24. The molecule has 0 amide bonds. The number of nitrogens with zero attached hydrogens (tertiary/aromatic N) is 3. The van der Waals surface area contributed by atoms with Crippen LogP contribution in [0.2, 0.25) is 0 Å². The molecule has 2 aromatic heterocycles. The Morgan fingerprint density at radius 3 is 2.35 bits per heavy atom. The Kier molecular flexibility index (Phi) is 5.01. The van der Waals surface area contributed by atoms with Crippen LogP contribution in [0, 0.1) is 17.5 Å². The highest BCUT2D eigenvalue weighted by Gasteiger charge is 2.15. The Bertz CT molecular complexity index is 916. The fraction of sp³-hybridized carbons (Fsp3) is 0.167. The van der Waals surface area contributed by atoms with E-state index in [2.05, 4.69) is 25.6 Å². The second-order valence-electron chi connectivity index (χ2n) is 5.84. The van der Waals surface area contributed by atoms with Gasteiger partial charge in [-0.1, -0.05) is 0 Å². The van der Waals surface area contributed by atoms with Crippen LogP contribution in [0.25, 0.3) is 11.3 Å². The van der Waals surface area contributed by atoms with Gasteiger partial charge in [-0.05, 0) is 38.1 Å². The molecule has 8 heteroatoms. The molecule has 2 N–H and O–H groups in total. The molecule has 0 saturated carbocycles. The normalized spacial score (nSPS) is 10.8. The first-order valence-electron chi connectivity index (χ1n) is 7.90. The SMILES string of the molecule is CC(C)Nc1nc(Nc2ccc(F)c(F)c2F)cc(-c2ccncc2)n1. The third kappa shape index (κ3) is 3.90. The molecule has 1 aromatic carbocycles. The highest BCUT2D eigenvalue weighted by Crippen LogP contribution is 2.26. The lowest BCUT2D eigenvalue weighted by molar-refractivity contribution is 0.449. The molecule has 0 saturated heterocycles. The maximum Gasteiger partial charge on any atom is 0.225 e. The van der Waals surface area contributed by atoms with Gasteiger partial charge in [0, 0.05) is 30.1 Å². The van der Waals surface area contributed by atoms with Crippen LogP contribution < -0.4 is 10.6 Å². The molecule has 3 rings (SSSR count). The van der Waals surface area contributed by atoms with Gasteiger partial charge < -0.3 is 10.6 Å². The Morgan fingerprint density at radius 1 is 0.923 bits per heavy atom. The number of aromatic nitrogens is 3. The average molecular weight is 359 g/mol. The minimum atomic E-state index is -1.54. The molecular weight excluding hydrogens is 343 g/mol. The van der Waals surface area contributed by atoms with Gasteiger partial charge in [0.2, 0.25) is 5.95 Å². The average Bonchev–Trinajstić information content (AvgIpc) is 2.62. The molecule has 0 unspecified atom stereocenters. The second kappa shape index (κ2) is 7.38. The molecule has 3 aromatic rings. The van der Waals surface area contributed by atoms with Crippen LogP contribution in [0.5, 0.6) is 0 Å². The fourth-order valence-electron chi connectivity index (χ4n) is 2.26. The molecule has 0 fully saturated rings. The number of halogens is 3. The summed E-state index contributed by atoms with van der Waals surface area (Å²) in [5.41, 5.74) is 1.12. The summed E-state index contributed by atoms with van der Waals surface area (Å²) in [5.74, 6) is -3.55. The third-order valence-electron chi connectivity index (χ3n) is 3.42. The van der Waals surface area contributed by atoms with Gasteiger partial charge in [0.1, 0.15) is 5.82 Å². The first-order chi connectivity index (χ1) is 12.4. The minimum absolute atomic E-state index is 0.0653. The van der Waals surface area contributed by atoms with Gasteiger partial charge in [-0.3, -0.25) is 4.98 Å². The molecular formula is C18H16F3N5. The van der Waals surface area contributed by atoms with Crippen molar-refractivity contribution in [2.75, 3.05) is 10.6 Å². The number of benzene rings is 1. The molecule has 0 aliphatic carbocycles. The van der Waals surface area contributed by atoms with Crippen molar-refractivity contribution >= 4 is 17.5 Å². The van der Waals surface area contributed by atoms with Gasteiger partial charge in [-0.25, -0.2) is 18.2 Å². The lowest BCUT2D eigenvalue weighted by atomic mass is 10.2. The van der Waals surface area contributed by atoms with Gasteiger partial charge in [-0.2, -0.15) is 4.98 Å². The molecule has 0 atom stereocenters. The van der Waals surface area contributed by atoms with Crippen LogP contribution in [-0.4, -0.2) is 21.0 Å². The Morgan fingerprint density at radius 2 is 1.65 bits per heavy atom. The summed E-state index contributed by atoms with van der Waals surface area (Å²) in [5, 5.41) is 5.75. The third-order valence-corrected chi connectivity index (χ3v) is 3.42. The van der Waals surface area contributed by atoms with E-state index in [-0.39, 0.29) is 17.5 Å². The van der Waals surface area contributed by atoms with E-state index in [9.17, 15) is 13.2 Å². The number of pyridine rings is 1. The summed E-state index contributed by atoms with van der Waals surface area (Å²) in [7, 11) is 0. The smallest absolute Gasteiger partial charge is 0.225 e. The maximum absolute atomic E-state index is 13.9. The van der Waals surface area contributed by atoms with Crippen LogP contribution in [0.3, 0.4) is 0 Å². The minimum Gasteiger partial charge on any atom is -0.352 e. The van der Waals surface area contributed by atoms with E-state index in [1.165, 1.54) is 0 Å². The fourth-order valence-corrected chi connectivity index (χ4v) is 2.26. The number of nitrogens with one attached hydrogen (secondary N) is 2. The zero-order valence-electron chi connectivity index (χ0n) is 14.1. The van der Waals surface area contributed by atoms with E-state index < -0.39 is 17.5 Å². The predicted octanol–water partition coefficient (Wildman–Crippen LogP) is 4.52. The van der Waals surface area contributed by atoms with E-state index in [1.54, 1.807) is 30.6 Å². The zero-order chi connectivity index (χ0) is 18.7. The van der Waals surface area contributed by atoms with Crippen LogP contribution in [0.1, 0.15) is 13.8 Å². The van der Waals surface area contributed by atoms with Crippen LogP contribution in [-0.2, 0) is 0 Å². The van der Waals surface area contributed by atoms with Crippen molar-refractivity contribution in [2.24, 2.45) is 0 Å². The number of hydrogen-bond acceptors (Lipinski definition) is 5. The van der Waals surface area contributed by atoms with Crippen molar-refractivity contribution in [3.05, 3.63) is 60.2 Å². The predicted molar refractivity (Wildman–Crippen MR) is 93.6 cm³/mol. The van der Waals surface area contributed by atoms with E-state index in [0.717, 1.165) is 17.7 Å². The first-order valence-corrected chi connectivity index (χ1v) is 7.90. The van der Waals surface area contributed by atoms with Crippen LogP contribution in [0.15, 0.2) is 42.7 Å². The van der Waals surface area contributed by atoms with Crippen LogP contribution in [0.4, 0.5) is 30.6 Å². The monoisotopic (exact) mass is 359 g/mol. The molecule has 0 aliphatic rings. The van der Waals surface area contributed by atoms with Gasteiger partial charge in [0.05, 0.1) is 11.4 Å². The summed E-state index contributed by atoms with van der Waals surface area (Å²) in [6.45, 7) is 3.84. The molecule has 0 aliphatic heterocycles. The van der Waals surface area contributed by atoms with Crippen molar-refractivity contribution in [1.29, 1.82) is 0 Å². The highest BCUT2D eigenvalue weighted by molar-refractivity contribution is 5.67. The maximum atomic E-state index is 13.9. The number of anilines is 3. The standard InChI is InChI=1S/C18H16F3N5/c1-10(2)23-18-25-14(11-5-7-22-8-6-11)9-15(26-18)24-13-4-3-12(19)16(20)17(13)21/h3-10H,1-2H3,(H2,23,24,25,26). The van der Waals surface area contributed by atoms with Gasteiger partial charge in [-0.15, -0.1) is 0 Å². The second-order valence-corrected chi connectivity index (χ2v) is 5.84. The van der Waals surface area contributed by atoms with Crippen molar-refractivity contribution in [3.8, 4) is 11.3 Å². The zero-order valence-corrected chi connectivity index (χ0v) is 14.1. The van der Waals surface area contributed by atoms with E-state index in [1.807, 2.05) is 13.8 Å². The molecule has 2 heterocycles. The quantitative estimate of drug-likeness (QED) is 0.656. The van der Waals surface area contributed by atoms with Crippen molar-refractivity contribution in [3.63, 3.8) is 0 Å². The molecule has 0 radical (unpaired) electrons. The van der Waals surface area contributed by atoms with Crippen molar-refractivity contribution in [2.45, 2.75) is 19.9 Å². The van der Waals surface area contributed by atoms with E-state index in [4.69, 9.17) is 0 Å². The number of hydrogen-bond donors (Lipinski definition) is 2. The van der Waals surface area contributed by atoms with Gasteiger partial charge in [0.15, 0.2) is 17.5 Å². The lowest BCUT2D eigenvalue weighted by Crippen LogP contribution is -2.13. The Balaban J connectivity index is 2.02. The summed E-state index contributed by atoms with van der Waals surface area (Å²) in [6, 6.07) is 7.14. The molecule has 5 nitrogen and oxygen atoms in total. The number of rotatable bonds is 5. The van der Waals surface area contributed by atoms with Gasteiger partial charge >= 0.3 is 0 Å². The first kappa shape index (κ1) is 17.7. The Hall–Kier alpha value is -3.16. The van der Waals surface area contributed by atoms with Crippen molar-refractivity contribution in [1.82, 2.24) is 15.0 Å².